The Morgan fingerprint density at radius 2 is 2.21 bits per heavy atom. The Bertz CT molecular complexity index is 578. The van der Waals surface area contributed by atoms with Crippen LogP contribution in [-0.2, 0) is 0 Å². The lowest BCUT2D eigenvalue weighted by atomic mass is 9.95. The maximum atomic E-state index is 12.6. The first-order valence-corrected chi connectivity index (χ1v) is 8.82. The first-order chi connectivity index (χ1) is 11.4. The lowest BCUT2D eigenvalue weighted by Crippen LogP contribution is -2.48. The van der Waals surface area contributed by atoms with Crippen LogP contribution in [0.25, 0.3) is 0 Å². The van der Waals surface area contributed by atoms with Gasteiger partial charge >= 0.3 is 0 Å². The monoisotopic (exact) mass is 354 g/mol. The summed E-state index contributed by atoms with van der Waals surface area (Å²) in [6.45, 7) is 8.62. The third-order valence-corrected chi connectivity index (χ3v) is 4.44. The Morgan fingerprint density at radius 1 is 1.46 bits per heavy atom. The summed E-state index contributed by atoms with van der Waals surface area (Å²) in [6.07, 6.45) is 0.924. The fourth-order valence-electron chi connectivity index (χ4n) is 2.72. The van der Waals surface area contributed by atoms with Crippen molar-refractivity contribution in [2.75, 3.05) is 26.8 Å². The normalized spacial score (nSPS) is 20.8. The van der Waals surface area contributed by atoms with E-state index in [1.807, 2.05) is 0 Å². The first-order valence-electron chi connectivity index (χ1n) is 8.44. The number of benzene rings is 1. The lowest BCUT2D eigenvalue weighted by Gasteiger charge is -2.30. The van der Waals surface area contributed by atoms with Crippen molar-refractivity contribution < 1.29 is 14.3 Å². The summed E-state index contributed by atoms with van der Waals surface area (Å²) in [6, 6.07) is 3.49. The summed E-state index contributed by atoms with van der Waals surface area (Å²) in [5.41, 5.74) is 0.486. The van der Waals surface area contributed by atoms with Crippen LogP contribution >= 0.6 is 11.6 Å². The molecule has 0 radical (unpaired) electrons. The maximum absolute atomic E-state index is 12.6. The molecule has 0 aliphatic carbocycles. The van der Waals surface area contributed by atoms with E-state index in [2.05, 4.69) is 31.4 Å². The van der Waals surface area contributed by atoms with E-state index in [9.17, 15) is 4.79 Å². The molecule has 1 aliphatic rings. The zero-order valence-corrected chi connectivity index (χ0v) is 15.6. The number of amides is 1. The van der Waals surface area contributed by atoms with Crippen LogP contribution in [0.2, 0.25) is 5.02 Å². The van der Waals surface area contributed by atoms with Crippen molar-refractivity contribution in [3.63, 3.8) is 0 Å². The zero-order chi connectivity index (χ0) is 17.7. The van der Waals surface area contributed by atoms with Crippen LogP contribution in [0.15, 0.2) is 12.1 Å². The minimum atomic E-state index is -0.135. The molecule has 6 heteroatoms. The van der Waals surface area contributed by atoms with Gasteiger partial charge in [0.2, 0.25) is 0 Å². The molecule has 1 heterocycles. The third kappa shape index (κ3) is 4.77. The van der Waals surface area contributed by atoms with Crippen molar-refractivity contribution in [1.29, 1.82) is 0 Å². The molecule has 134 valence electrons. The molecule has 0 spiro atoms. The smallest absolute Gasteiger partial charge is 0.251 e. The molecule has 1 fully saturated rings. The van der Waals surface area contributed by atoms with E-state index in [0.29, 0.717) is 40.5 Å². The quantitative estimate of drug-likeness (QED) is 0.824. The second kappa shape index (κ2) is 8.58. The standard InChI is InChI=1S/C18H27ClN2O3/c1-11(2)10-24-17-14(19)7-13(8-16(17)23-4)18(22)21-15-5-6-20-9-12(15)3/h7-8,11-12,15,20H,5-6,9-10H2,1-4H3,(H,21,22). The summed E-state index contributed by atoms with van der Waals surface area (Å²) >= 11 is 6.32. The van der Waals surface area contributed by atoms with Crippen LogP contribution in [0.1, 0.15) is 37.6 Å². The molecule has 1 aliphatic heterocycles. The van der Waals surface area contributed by atoms with Crippen molar-refractivity contribution in [3.8, 4) is 11.5 Å². The largest absolute Gasteiger partial charge is 0.493 e. The van der Waals surface area contributed by atoms with E-state index in [0.717, 1.165) is 19.5 Å². The molecule has 1 saturated heterocycles. The molecule has 2 N–H and O–H groups in total. The van der Waals surface area contributed by atoms with Gasteiger partial charge < -0.3 is 20.1 Å². The number of carbonyl (C=O) groups excluding carboxylic acids is 1. The van der Waals surface area contributed by atoms with Crippen molar-refractivity contribution in [2.45, 2.75) is 33.2 Å². The lowest BCUT2D eigenvalue weighted by molar-refractivity contribution is 0.0913. The minimum Gasteiger partial charge on any atom is -0.493 e. The predicted molar refractivity (Wildman–Crippen MR) is 96.2 cm³/mol. The summed E-state index contributed by atoms with van der Waals surface area (Å²) in [4.78, 5) is 12.6. The number of piperidine rings is 1. The Labute approximate surface area is 149 Å². The molecule has 2 rings (SSSR count). The third-order valence-electron chi connectivity index (χ3n) is 4.15. The summed E-state index contributed by atoms with van der Waals surface area (Å²) in [5, 5.41) is 6.81. The molecular formula is C18H27ClN2O3. The van der Waals surface area contributed by atoms with Crippen molar-refractivity contribution >= 4 is 17.5 Å². The molecule has 2 atom stereocenters. The Morgan fingerprint density at radius 3 is 2.83 bits per heavy atom. The van der Waals surface area contributed by atoms with Gasteiger partial charge in [-0.15, -0.1) is 0 Å². The zero-order valence-electron chi connectivity index (χ0n) is 14.8. The molecule has 0 aromatic heterocycles. The number of nitrogens with one attached hydrogen (secondary N) is 2. The topological polar surface area (TPSA) is 59.6 Å². The molecule has 1 amide bonds. The van der Waals surface area contributed by atoms with Crippen LogP contribution < -0.4 is 20.1 Å². The number of hydrogen-bond donors (Lipinski definition) is 2. The van der Waals surface area contributed by atoms with Crippen LogP contribution in [0.3, 0.4) is 0 Å². The number of methoxy groups -OCH3 is 1. The van der Waals surface area contributed by atoms with E-state index in [-0.39, 0.29) is 11.9 Å². The number of carbonyl (C=O) groups is 1. The molecule has 2 unspecified atom stereocenters. The van der Waals surface area contributed by atoms with E-state index in [1.165, 1.54) is 0 Å². The summed E-state index contributed by atoms with van der Waals surface area (Å²) in [7, 11) is 1.55. The number of rotatable bonds is 6. The van der Waals surface area contributed by atoms with Gasteiger partial charge in [-0.1, -0.05) is 32.4 Å². The number of halogens is 1. The van der Waals surface area contributed by atoms with Crippen LogP contribution in [-0.4, -0.2) is 38.8 Å². The Hall–Kier alpha value is -1.46. The molecule has 24 heavy (non-hydrogen) atoms. The fourth-order valence-corrected chi connectivity index (χ4v) is 2.99. The highest BCUT2D eigenvalue weighted by atomic mass is 35.5. The molecule has 0 saturated carbocycles. The highest BCUT2D eigenvalue weighted by Gasteiger charge is 2.24. The van der Waals surface area contributed by atoms with E-state index in [1.54, 1.807) is 19.2 Å². The second-order valence-electron chi connectivity index (χ2n) is 6.74. The molecule has 1 aromatic carbocycles. The Balaban J connectivity index is 2.14. The molecular weight excluding hydrogens is 328 g/mol. The fraction of sp³-hybridized carbons (Fsp3) is 0.611. The SMILES string of the molecule is COc1cc(C(=O)NC2CCNCC2C)cc(Cl)c1OCC(C)C. The minimum absolute atomic E-state index is 0.135. The van der Waals surface area contributed by atoms with Gasteiger partial charge in [0.05, 0.1) is 18.7 Å². The average Bonchev–Trinajstić information content (AvgIpc) is 2.54. The van der Waals surface area contributed by atoms with Gasteiger partial charge in [-0.05, 0) is 43.5 Å². The van der Waals surface area contributed by atoms with Crippen molar-refractivity contribution in [3.05, 3.63) is 22.7 Å². The van der Waals surface area contributed by atoms with Gasteiger partial charge in [0.15, 0.2) is 11.5 Å². The second-order valence-corrected chi connectivity index (χ2v) is 7.15. The van der Waals surface area contributed by atoms with Gasteiger partial charge in [-0.2, -0.15) is 0 Å². The van der Waals surface area contributed by atoms with E-state index in [4.69, 9.17) is 21.1 Å². The summed E-state index contributed by atoms with van der Waals surface area (Å²) < 4.78 is 11.1. The van der Waals surface area contributed by atoms with Gasteiger partial charge in [0, 0.05) is 11.6 Å². The molecule has 1 aromatic rings. The predicted octanol–water partition coefficient (Wildman–Crippen LogP) is 3.11. The highest BCUT2D eigenvalue weighted by Crippen LogP contribution is 2.36. The van der Waals surface area contributed by atoms with Gasteiger partial charge in [0.1, 0.15) is 0 Å². The average molecular weight is 355 g/mol. The number of ether oxygens (including phenoxy) is 2. The van der Waals surface area contributed by atoms with Crippen LogP contribution in [0, 0.1) is 11.8 Å². The first kappa shape index (κ1) is 18.9. The van der Waals surface area contributed by atoms with Gasteiger partial charge in [0.25, 0.3) is 5.91 Å². The van der Waals surface area contributed by atoms with Gasteiger partial charge in [-0.3, -0.25) is 4.79 Å². The van der Waals surface area contributed by atoms with Crippen LogP contribution in [0.4, 0.5) is 0 Å². The molecule has 5 nitrogen and oxygen atoms in total. The van der Waals surface area contributed by atoms with Crippen molar-refractivity contribution in [2.24, 2.45) is 11.8 Å². The van der Waals surface area contributed by atoms with E-state index < -0.39 is 0 Å². The van der Waals surface area contributed by atoms with Gasteiger partial charge in [-0.25, -0.2) is 0 Å². The van der Waals surface area contributed by atoms with E-state index >= 15 is 0 Å². The van der Waals surface area contributed by atoms with Crippen LogP contribution in [0.5, 0.6) is 11.5 Å². The molecule has 0 bridgehead atoms. The highest BCUT2D eigenvalue weighted by molar-refractivity contribution is 6.32. The Kier molecular flexibility index (Phi) is 6.75. The number of hydrogen-bond acceptors (Lipinski definition) is 4. The summed E-state index contributed by atoms with van der Waals surface area (Å²) in [5.74, 6) is 1.60. The van der Waals surface area contributed by atoms with Crippen molar-refractivity contribution in [1.82, 2.24) is 10.6 Å². The maximum Gasteiger partial charge on any atom is 0.251 e.